The van der Waals surface area contributed by atoms with Crippen molar-refractivity contribution in [2.75, 3.05) is 0 Å². The molecule has 0 aliphatic carbocycles. The van der Waals surface area contributed by atoms with Crippen molar-refractivity contribution in [3.8, 4) is 5.75 Å². The second kappa shape index (κ2) is 6.54. The first-order chi connectivity index (χ1) is 12.1. The number of ether oxygens (including phenoxy) is 1. The zero-order valence-corrected chi connectivity index (χ0v) is 15.0. The van der Waals surface area contributed by atoms with Gasteiger partial charge in [0, 0.05) is 4.90 Å². The first-order valence-electron chi connectivity index (χ1n) is 7.76. The maximum atomic E-state index is 6.79. The molecule has 0 fully saturated rings. The highest BCUT2D eigenvalue weighted by Gasteiger charge is 2.43. The van der Waals surface area contributed by atoms with Crippen molar-refractivity contribution >= 4 is 29.1 Å². The summed E-state index contributed by atoms with van der Waals surface area (Å²) in [6, 6.07) is 17.9. The fourth-order valence-corrected chi connectivity index (χ4v) is 3.97. The lowest BCUT2D eigenvalue weighted by Gasteiger charge is -2.19. The van der Waals surface area contributed by atoms with Crippen LogP contribution in [-0.2, 0) is 10.8 Å². The maximum absolute atomic E-state index is 6.79. The molecule has 0 N–H and O–H groups in total. The van der Waals surface area contributed by atoms with Gasteiger partial charge in [-0.2, -0.15) is 5.10 Å². The lowest BCUT2D eigenvalue weighted by atomic mass is 10.2. The third kappa shape index (κ3) is 3.15. The smallest absolute Gasteiger partial charge is 0.195 e. The Bertz CT molecular complexity index is 910. The van der Waals surface area contributed by atoms with Crippen molar-refractivity contribution in [1.82, 2.24) is 14.9 Å². The van der Waals surface area contributed by atoms with E-state index in [0.717, 1.165) is 21.9 Å². The van der Waals surface area contributed by atoms with Crippen molar-refractivity contribution in [3.05, 3.63) is 72.3 Å². The van der Waals surface area contributed by atoms with Gasteiger partial charge >= 0.3 is 0 Å². The van der Waals surface area contributed by atoms with E-state index in [4.69, 9.17) is 16.3 Å². The number of benzene rings is 2. The molecule has 1 aliphatic heterocycles. The Kier molecular flexibility index (Phi) is 4.23. The van der Waals surface area contributed by atoms with Gasteiger partial charge in [-0.05, 0) is 36.8 Å². The van der Waals surface area contributed by atoms with E-state index < -0.39 is 4.21 Å². The summed E-state index contributed by atoms with van der Waals surface area (Å²) in [4.78, 5) is 1.01. The molecule has 2 heterocycles. The van der Waals surface area contributed by atoms with Crippen LogP contribution in [0.4, 0.5) is 0 Å². The Morgan fingerprint density at radius 1 is 1.12 bits per heavy atom. The van der Waals surface area contributed by atoms with E-state index in [1.165, 1.54) is 11.8 Å². The van der Waals surface area contributed by atoms with Crippen LogP contribution < -0.4 is 4.74 Å². The van der Waals surface area contributed by atoms with Crippen molar-refractivity contribution in [1.29, 1.82) is 0 Å². The maximum Gasteiger partial charge on any atom is 0.195 e. The molecular weight excluding hydrogens is 356 g/mol. The van der Waals surface area contributed by atoms with Gasteiger partial charge in [0.25, 0.3) is 0 Å². The van der Waals surface area contributed by atoms with Crippen LogP contribution in [0, 0.1) is 0 Å². The monoisotopic (exact) mass is 370 g/mol. The van der Waals surface area contributed by atoms with E-state index in [0.29, 0.717) is 12.4 Å². The minimum Gasteiger partial charge on any atom is -0.489 e. The zero-order valence-electron chi connectivity index (χ0n) is 13.5. The number of rotatable bonds is 5. The molecule has 126 valence electrons. The van der Waals surface area contributed by atoms with Crippen LogP contribution in [0.25, 0.3) is 0 Å². The van der Waals surface area contributed by atoms with Gasteiger partial charge in [-0.1, -0.05) is 53.7 Å². The molecular formula is C18H15ClN4OS. The SMILES string of the molecule is CC1=Nn2cnnc2C1(Cl)Sc1ccc(OCc2ccccc2)cc1. The molecule has 1 unspecified atom stereocenters. The summed E-state index contributed by atoms with van der Waals surface area (Å²) < 4.78 is 6.60. The van der Waals surface area contributed by atoms with Crippen LogP contribution in [0.3, 0.4) is 0 Å². The fourth-order valence-electron chi connectivity index (χ4n) is 2.53. The van der Waals surface area contributed by atoms with Crippen molar-refractivity contribution < 1.29 is 4.74 Å². The number of alkyl halides is 1. The molecule has 3 aromatic rings. The lowest BCUT2D eigenvalue weighted by Crippen LogP contribution is -2.21. The zero-order chi connectivity index (χ0) is 17.3. The average molecular weight is 371 g/mol. The van der Waals surface area contributed by atoms with Crippen LogP contribution in [0.1, 0.15) is 18.3 Å². The highest BCUT2D eigenvalue weighted by Crippen LogP contribution is 2.48. The molecule has 1 atom stereocenters. The Balaban J connectivity index is 1.45. The summed E-state index contributed by atoms with van der Waals surface area (Å²) in [5.74, 6) is 1.44. The van der Waals surface area contributed by atoms with Gasteiger partial charge in [-0.25, -0.2) is 4.68 Å². The second-order valence-corrected chi connectivity index (χ2v) is 7.71. The standard InChI is InChI=1S/C18H15ClN4OS/c1-13-18(19,17-21-20-12-23(17)22-13)25-16-9-7-15(8-10-16)24-11-14-5-3-2-4-6-14/h2-10,12H,11H2,1H3. The summed E-state index contributed by atoms with van der Waals surface area (Å²) >= 11 is 8.27. The van der Waals surface area contributed by atoms with Crippen LogP contribution in [0.15, 0.2) is 70.9 Å². The molecule has 0 radical (unpaired) electrons. The summed E-state index contributed by atoms with van der Waals surface area (Å²) in [6.07, 6.45) is 1.56. The molecule has 5 nitrogen and oxygen atoms in total. The first-order valence-corrected chi connectivity index (χ1v) is 8.96. The van der Waals surface area contributed by atoms with Crippen LogP contribution in [-0.4, -0.2) is 20.6 Å². The van der Waals surface area contributed by atoms with Gasteiger partial charge in [0.2, 0.25) is 0 Å². The molecule has 25 heavy (non-hydrogen) atoms. The molecule has 0 saturated carbocycles. The average Bonchev–Trinajstić information content (AvgIpc) is 3.18. The second-order valence-electron chi connectivity index (χ2n) is 5.63. The van der Waals surface area contributed by atoms with Crippen LogP contribution >= 0.6 is 23.4 Å². The fraction of sp³-hybridized carbons (Fsp3) is 0.167. The van der Waals surface area contributed by atoms with Gasteiger partial charge in [0.15, 0.2) is 10.0 Å². The number of hydrogen-bond acceptors (Lipinski definition) is 5. The summed E-state index contributed by atoms with van der Waals surface area (Å²) in [5.41, 5.74) is 1.92. The van der Waals surface area contributed by atoms with Gasteiger partial charge in [0.1, 0.15) is 18.7 Å². The number of hydrogen-bond donors (Lipinski definition) is 0. The molecule has 2 aromatic carbocycles. The van der Waals surface area contributed by atoms with E-state index in [1.807, 2.05) is 61.5 Å². The van der Waals surface area contributed by atoms with E-state index >= 15 is 0 Å². The van der Waals surface area contributed by atoms with Gasteiger partial charge in [0.05, 0.1) is 5.71 Å². The summed E-state index contributed by atoms with van der Waals surface area (Å²) in [5, 5.41) is 12.3. The summed E-state index contributed by atoms with van der Waals surface area (Å²) in [6.45, 7) is 2.44. The van der Waals surface area contributed by atoms with Crippen LogP contribution in [0.5, 0.6) is 5.75 Å². The van der Waals surface area contributed by atoms with Crippen molar-refractivity contribution in [3.63, 3.8) is 0 Å². The lowest BCUT2D eigenvalue weighted by molar-refractivity contribution is 0.306. The van der Waals surface area contributed by atoms with E-state index in [-0.39, 0.29) is 0 Å². The van der Waals surface area contributed by atoms with Gasteiger partial charge < -0.3 is 4.74 Å². The molecule has 1 aliphatic rings. The minimum absolute atomic E-state index is 0.543. The molecule has 4 rings (SSSR count). The number of aromatic nitrogens is 3. The number of halogens is 1. The number of nitrogens with zero attached hydrogens (tertiary/aromatic N) is 4. The van der Waals surface area contributed by atoms with E-state index in [1.54, 1.807) is 11.0 Å². The van der Waals surface area contributed by atoms with Gasteiger partial charge in [-0.15, -0.1) is 10.2 Å². The third-order valence-corrected chi connectivity index (χ3v) is 5.81. The Labute approximate surface area is 154 Å². The predicted octanol–water partition coefficient (Wildman–Crippen LogP) is 4.28. The molecule has 0 amide bonds. The van der Waals surface area contributed by atoms with E-state index in [9.17, 15) is 0 Å². The topological polar surface area (TPSA) is 52.3 Å². The Morgan fingerprint density at radius 3 is 2.64 bits per heavy atom. The highest BCUT2D eigenvalue weighted by molar-refractivity contribution is 8.02. The van der Waals surface area contributed by atoms with Crippen molar-refractivity contribution in [2.24, 2.45) is 5.10 Å². The molecule has 1 aromatic heterocycles. The summed E-state index contributed by atoms with van der Waals surface area (Å²) in [7, 11) is 0. The quantitative estimate of drug-likeness (QED) is 0.629. The number of fused-ring (bicyclic) bond motifs is 1. The predicted molar refractivity (Wildman–Crippen MR) is 99.1 cm³/mol. The molecule has 0 saturated heterocycles. The third-order valence-electron chi connectivity index (χ3n) is 3.87. The van der Waals surface area contributed by atoms with Crippen molar-refractivity contribution in [2.45, 2.75) is 22.6 Å². The minimum atomic E-state index is -0.830. The van der Waals surface area contributed by atoms with Gasteiger partial charge in [-0.3, -0.25) is 0 Å². The Morgan fingerprint density at radius 2 is 1.88 bits per heavy atom. The van der Waals surface area contributed by atoms with Crippen LogP contribution in [0.2, 0.25) is 0 Å². The largest absolute Gasteiger partial charge is 0.489 e. The normalized spacial score (nSPS) is 18.7. The van der Waals surface area contributed by atoms with E-state index in [2.05, 4.69) is 15.3 Å². The first kappa shape index (κ1) is 16.2. The Hall–Kier alpha value is -2.31. The number of thioether (sulfide) groups is 1. The molecule has 0 spiro atoms. The molecule has 0 bridgehead atoms. The molecule has 7 heteroatoms. The highest BCUT2D eigenvalue weighted by atomic mass is 35.5.